The molecule has 6 heteroatoms. The van der Waals surface area contributed by atoms with Crippen molar-refractivity contribution in [3.8, 4) is 0 Å². The predicted molar refractivity (Wildman–Crippen MR) is 56.9 cm³/mol. The molecule has 0 unspecified atom stereocenters. The van der Waals surface area contributed by atoms with E-state index >= 15 is 0 Å². The van der Waals surface area contributed by atoms with Gasteiger partial charge in [-0.3, -0.25) is 0 Å². The topological polar surface area (TPSA) is 89.6 Å². The van der Waals surface area contributed by atoms with E-state index in [9.17, 15) is 9.59 Å². The Bertz CT molecular complexity index is 430. The molecule has 0 saturated heterocycles. The zero-order valence-corrected chi connectivity index (χ0v) is 9.37. The Kier molecular flexibility index (Phi) is 3.31. The van der Waals surface area contributed by atoms with E-state index in [0.29, 0.717) is 0 Å². The molecule has 0 spiro atoms. The van der Waals surface area contributed by atoms with Crippen molar-refractivity contribution in [3.05, 3.63) is 27.7 Å². The Morgan fingerprint density at radius 3 is 2.53 bits per heavy atom. The number of carboxylic acids is 1. The van der Waals surface area contributed by atoms with Crippen LogP contribution in [0.25, 0.3) is 0 Å². The molecule has 0 aliphatic rings. The molecule has 1 rings (SSSR count). The van der Waals surface area contributed by atoms with Gasteiger partial charge in [-0.25, -0.2) is 9.59 Å². The molecule has 0 atom stereocenters. The van der Waals surface area contributed by atoms with Crippen LogP contribution in [0.4, 0.5) is 5.69 Å². The second-order valence-electron chi connectivity index (χ2n) is 2.72. The number of anilines is 1. The molecule has 0 aliphatic carbocycles. The number of carboxylic acid groups (broad SMARTS) is 1. The molecule has 1 aromatic carbocycles. The number of nitrogens with two attached hydrogens (primary N) is 1. The number of hydrogen-bond acceptors (Lipinski definition) is 4. The first-order chi connectivity index (χ1) is 6.97. The lowest BCUT2D eigenvalue weighted by Gasteiger charge is -2.06. The van der Waals surface area contributed by atoms with Gasteiger partial charge in [-0.2, -0.15) is 0 Å². The van der Waals surface area contributed by atoms with Crippen LogP contribution in [0.15, 0.2) is 16.6 Å². The number of carbonyl (C=O) groups is 2. The molecule has 0 aromatic heterocycles. The van der Waals surface area contributed by atoms with Crippen LogP contribution in [0.3, 0.4) is 0 Å². The summed E-state index contributed by atoms with van der Waals surface area (Å²) in [5, 5.41) is 8.83. The number of methoxy groups -OCH3 is 1. The monoisotopic (exact) mass is 273 g/mol. The van der Waals surface area contributed by atoms with E-state index in [1.54, 1.807) is 0 Å². The van der Waals surface area contributed by atoms with Crippen LogP contribution in [0.1, 0.15) is 20.7 Å². The summed E-state index contributed by atoms with van der Waals surface area (Å²) in [6, 6.07) is 2.55. The number of nitrogen functional groups attached to an aromatic ring is 1. The van der Waals surface area contributed by atoms with Crippen LogP contribution in [0, 0.1) is 0 Å². The van der Waals surface area contributed by atoms with Gasteiger partial charge < -0.3 is 15.6 Å². The highest BCUT2D eigenvalue weighted by Crippen LogP contribution is 2.26. The van der Waals surface area contributed by atoms with E-state index in [1.165, 1.54) is 19.2 Å². The van der Waals surface area contributed by atoms with Crippen molar-refractivity contribution in [3.63, 3.8) is 0 Å². The van der Waals surface area contributed by atoms with Crippen LogP contribution in [-0.4, -0.2) is 24.2 Å². The number of benzene rings is 1. The highest BCUT2D eigenvalue weighted by molar-refractivity contribution is 9.10. The van der Waals surface area contributed by atoms with Gasteiger partial charge in [-0.05, 0) is 28.1 Å². The van der Waals surface area contributed by atoms with Gasteiger partial charge in [0.2, 0.25) is 0 Å². The predicted octanol–water partition coefficient (Wildman–Crippen LogP) is 1.52. The smallest absolute Gasteiger partial charge is 0.337 e. The number of aromatic carboxylic acids is 1. The molecule has 3 N–H and O–H groups in total. The minimum absolute atomic E-state index is 0.0737. The van der Waals surface area contributed by atoms with Gasteiger partial charge in [0.1, 0.15) is 0 Å². The fourth-order valence-corrected chi connectivity index (χ4v) is 1.44. The fourth-order valence-electron chi connectivity index (χ4n) is 1.04. The van der Waals surface area contributed by atoms with Gasteiger partial charge in [0, 0.05) is 5.69 Å². The maximum Gasteiger partial charge on any atom is 0.337 e. The van der Waals surface area contributed by atoms with Crippen LogP contribution < -0.4 is 5.73 Å². The average molecular weight is 274 g/mol. The number of hydrogen-bond donors (Lipinski definition) is 2. The summed E-state index contributed by atoms with van der Waals surface area (Å²) in [7, 11) is 1.21. The number of carbonyl (C=O) groups excluding carboxylic acids is 1. The first-order valence-electron chi connectivity index (χ1n) is 3.88. The Labute approximate surface area is 94.0 Å². The average Bonchev–Trinajstić information content (AvgIpc) is 2.20. The summed E-state index contributed by atoms with van der Waals surface area (Å²) in [5.74, 6) is -1.80. The van der Waals surface area contributed by atoms with Gasteiger partial charge in [0.25, 0.3) is 0 Å². The van der Waals surface area contributed by atoms with Gasteiger partial charge in [-0.1, -0.05) is 0 Å². The lowest BCUT2D eigenvalue weighted by Crippen LogP contribution is -2.07. The number of rotatable bonds is 2. The highest BCUT2D eigenvalue weighted by Gasteiger charge is 2.16. The van der Waals surface area contributed by atoms with E-state index in [0.717, 1.165) is 0 Å². The Balaban J connectivity index is 3.35. The quantitative estimate of drug-likeness (QED) is 0.630. The molecule has 0 saturated carbocycles. The summed E-state index contributed by atoms with van der Waals surface area (Å²) in [5.41, 5.74) is 5.74. The van der Waals surface area contributed by atoms with Crippen molar-refractivity contribution in [2.24, 2.45) is 0 Å². The number of esters is 1. The maximum atomic E-state index is 11.2. The Morgan fingerprint density at radius 2 is 2.07 bits per heavy atom. The third-order valence-corrected chi connectivity index (χ3v) is 2.64. The van der Waals surface area contributed by atoms with Crippen LogP contribution in [0.5, 0.6) is 0 Å². The van der Waals surface area contributed by atoms with E-state index < -0.39 is 11.9 Å². The molecule has 0 bridgehead atoms. The minimum atomic E-state index is -1.17. The molecule has 1 aromatic rings. The molecule has 80 valence electrons. The fraction of sp³-hybridized carbons (Fsp3) is 0.111. The van der Waals surface area contributed by atoms with Gasteiger partial charge in [-0.15, -0.1) is 0 Å². The van der Waals surface area contributed by atoms with Gasteiger partial charge in [0.05, 0.1) is 22.7 Å². The highest BCUT2D eigenvalue weighted by atomic mass is 79.9. The molecule has 0 fully saturated rings. The van der Waals surface area contributed by atoms with Crippen molar-refractivity contribution in [1.82, 2.24) is 0 Å². The largest absolute Gasteiger partial charge is 0.478 e. The molecule has 15 heavy (non-hydrogen) atoms. The summed E-state index contributed by atoms with van der Waals surface area (Å²) in [4.78, 5) is 22.0. The van der Waals surface area contributed by atoms with E-state index in [4.69, 9.17) is 10.8 Å². The molecular weight excluding hydrogens is 266 g/mol. The zero-order valence-electron chi connectivity index (χ0n) is 7.78. The molecule has 5 nitrogen and oxygen atoms in total. The third kappa shape index (κ3) is 2.27. The molecular formula is C9H8BrNO4. The van der Waals surface area contributed by atoms with Crippen molar-refractivity contribution in [2.75, 3.05) is 12.8 Å². The SMILES string of the molecule is COC(=O)c1cc(N)c(Br)c(C(=O)O)c1. The Hall–Kier alpha value is -1.56. The summed E-state index contributed by atoms with van der Waals surface area (Å²) in [6.07, 6.45) is 0. The number of ether oxygens (including phenoxy) is 1. The van der Waals surface area contributed by atoms with Crippen molar-refractivity contribution >= 4 is 33.6 Å². The second kappa shape index (κ2) is 4.31. The normalized spacial score (nSPS) is 9.73. The number of halogens is 1. The van der Waals surface area contributed by atoms with Crippen LogP contribution in [0.2, 0.25) is 0 Å². The van der Waals surface area contributed by atoms with Gasteiger partial charge in [0.15, 0.2) is 0 Å². The van der Waals surface area contributed by atoms with Gasteiger partial charge >= 0.3 is 11.9 Å². The molecule has 0 aliphatic heterocycles. The van der Waals surface area contributed by atoms with Crippen molar-refractivity contribution in [1.29, 1.82) is 0 Å². The lowest BCUT2D eigenvalue weighted by molar-refractivity contribution is 0.0601. The van der Waals surface area contributed by atoms with Crippen molar-refractivity contribution < 1.29 is 19.4 Å². The summed E-state index contributed by atoms with van der Waals surface area (Å²) >= 11 is 3.03. The zero-order chi connectivity index (χ0) is 11.6. The molecule has 0 amide bonds. The standard InChI is InChI=1S/C9H8BrNO4/c1-15-9(14)4-2-5(8(12)13)7(10)6(11)3-4/h2-3H,11H2,1H3,(H,12,13). The summed E-state index contributed by atoms with van der Waals surface area (Å²) in [6.45, 7) is 0. The second-order valence-corrected chi connectivity index (χ2v) is 3.52. The van der Waals surface area contributed by atoms with Crippen molar-refractivity contribution in [2.45, 2.75) is 0 Å². The summed E-state index contributed by atoms with van der Waals surface area (Å²) < 4.78 is 4.72. The van der Waals surface area contributed by atoms with E-state index in [1.807, 2.05) is 0 Å². The molecule has 0 radical (unpaired) electrons. The Morgan fingerprint density at radius 1 is 1.47 bits per heavy atom. The lowest BCUT2D eigenvalue weighted by atomic mass is 10.1. The molecule has 0 heterocycles. The first-order valence-corrected chi connectivity index (χ1v) is 4.67. The minimum Gasteiger partial charge on any atom is -0.478 e. The van der Waals surface area contributed by atoms with Crippen LogP contribution in [-0.2, 0) is 4.74 Å². The third-order valence-electron chi connectivity index (χ3n) is 1.75. The van der Waals surface area contributed by atoms with Crippen LogP contribution >= 0.6 is 15.9 Å². The van der Waals surface area contributed by atoms with E-state index in [2.05, 4.69) is 20.7 Å². The van der Waals surface area contributed by atoms with E-state index in [-0.39, 0.29) is 21.3 Å². The first kappa shape index (κ1) is 11.5. The maximum absolute atomic E-state index is 11.2.